The molecule has 0 atom stereocenters. The van der Waals surface area contributed by atoms with Gasteiger partial charge in [0.25, 0.3) is 0 Å². The molecule has 0 nitrogen and oxygen atoms in total. The van der Waals surface area contributed by atoms with Gasteiger partial charge in [0, 0.05) is 10.8 Å². The van der Waals surface area contributed by atoms with Crippen LogP contribution in [0.5, 0.6) is 0 Å². The van der Waals surface area contributed by atoms with E-state index in [0.29, 0.717) is 0 Å². The van der Waals surface area contributed by atoms with Crippen molar-refractivity contribution in [3.63, 3.8) is 0 Å². The first-order chi connectivity index (χ1) is 26.7. The summed E-state index contributed by atoms with van der Waals surface area (Å²) in [6.07, 6.45) is 15.0. The summed E-state index contributed by atoms with van der Waals surface area (Å²) in [5.74, 6) is 0. The van der Waals surface area contributed by atoms with Gasteiger partial charge in [0.1, 0.15) is 0 Å². The van der Waals surface area contributed by atoms with Crippen molar-refractivity contribution in [1.82, 2.24) is 0 Å². The summed E-state index contributed by atoms with van der Waals surface area (Å²) in [5.41, 5.74) is 15.2. The topological polar surface area (TPSA) is 0 Å². The van der Waals surface area contributed by atoms with E-state index in [1.54, 1.807) is 0 Å². The van der Waals surface area contributed by atoms with Gasteiger partial charge in [-0.3, -0.25) is 6.08 Å². The van der Waals surface area contributed by atoms with Crippen LogP contribution >= 0.6 is 0 Å². The van der Waals surface area contributed by atoms with E-state index in [-0.39, 0.29) is 57.3 Å². The third kappa shape index (κ3) is 10.4. The maximum Gasteiger partial charge on any atom is -0.109 e. The van der Waals surface area contributed by atoms with Gasteiger partial charge >= 0.3 is 151 Å². The van der Waals surface area contributed by atoms with Crippen molar-refractivity contribution in [3.05, 3.63) is 160 Å². The standard InChI is InChI=1S/C31H37.C21H26.C5H5.2ClH.Zr/c1-28(2,3)26-16-30(7,8)24-12-18-11-19-13-25-23(15-21(19)20(18)14-22(24)26)27(29(4,5)6)17-31(25,9)10;1-20(2,3)18-11-7-16(8-12-18)15-17-9-13-19(14-10-17)21(4,5)6;1-2-4-5-3-1;;;/h11-17H,1-10H3;7-14H,1-6H3;1-3H,4H2;2*1H;/q-1;;-1;;;+2/p-2. The minimum atomic E-state index is 0. The van der Waals surface area contributed by atoms with E-state index < -0.39 is 0 Å². The summed E-state index contributed by atoms with van der Waals surface area (Å²) in [5, 5.41) is 5.58. The predicted molar refractivity (Wildman–Crippen MR) is 253 cm³/mol. The van der Waals surface area contributed by atoms with Crippen LogP contribution in [0.25, 0.3) is 32.7 Å². The Kier molecular flexibility index (Phi) is 14.6. The Morgan fingerprint density at radius 1 is 0.550 bits per heavy atom. The second-order valence-electron chi connectivity index (χ2n) is 22.2. The zero-order valence-corrected chi connectivity index (χ0v) is 43.3. The van der Waals surface area contributed by atoms with E-state index in [1.165, 1.54) is 105 Å². The van der Waals surface area contributed by atoms with Crippen LogP contribution in [0, 0.1) is 16.9 Å². The third-order valence-electron chi connectivity index (χ3n) is 12.2. The van der Waals surface area contributed by atoms with Gasteiger partial charge in [-0.15, -0.1) is 46.2 Å². The maximum absolute atomic E-state index is 2.99. The molecule has 0 saturated carbocycles. The summed E-state index contributed by atoms with van der Waals surface area (Å²) in [7, 11) is 0. The Labute approximate surface area is 391 Å². The van der Waals surface area contributed by atoms with Crippen LogP contribution in [0.2, 0.25) is 0 Å². The molecular weight excluding hydrogens is 847 g/mol. The zero-order valence-electron chi connectivity index (χ0n) is 39.4. The number of rotatable bonds is 2. The minimum Gasteiger partial charge on any atom is -1.00 e. The van der Waals surface area contributed by atoms with Crippen LogP contribution in [0.1, 0.15) is 162 Å². The van der Waals surface area contributed by atoms with Crippen molar-refractivity contribution < 1.29 is 49.0 Å². The minimum absolute atomic E-state index is 0. The molecule has 8 rings (SSSR count). The molecule has 5 aromatic carbocycles. The quantitative estimate of drug-likeness (QED) is 0.155. The number of allylic oxidation sites excluding steroid dienone is 8. The van der Waals surface area contributed by atoms with E-state index in [2.05, 4.69) is 214 Å². The summed E-state index contributed by atoms with van der Waals surface area (Å²) >= 11 is 1.46. The molecular formula is C57H68Cl2Zr-2. The summed E-state index contributed by atoms with van der Waals surface area (Å²) in [6, 6.07) is 30.5. The molecule has 3 aliphatic carbocycles. The molecule has 316 valence electrons. The van der Waals surface area contributed by atoms with Gasteiger partial charge in [0.2, 0.25) is 0 Å². The fraction of sp³-hybridized carbons (Fsp3) is 0.404. The maximum atomic E-state index is 2.99. The van der Waals surface area contributed by atoms with Crippen molar-refractivity contribution >= 4 is 35.9 Å². The van der Waals surface area contributed by atoms with Gasteiger partial charge in [-0.1, -0.05) is 105 Å². The van der Waals surface area contributed by atoms with Crippen molar-refractivity contribution in [2.24, 2.45) is 10.8 Å². The number of hydrogen-bond donors (Lipinski definition) is 0. The fourth-order valence-electron chi connectivity index (χ4n) is 8.67. The number of fused-ring (bicyclic) bond motifs is 5. The third-order valence-corrected chi connectivity index (χ3v) is 13.7. The van der Waals surface area contributed by atoms with E-state index >= 15 is 0 Å². The number of hydrogen-bond acceptors (Lipinski definition) is 0. The van der Waals surface area contributed by atoms with Crippen molar-refractivity contribution in [2.75, 3.05) is 0 Å². The second-order valence-corrected chi connectivity index (χ2v) is 23.4. The molecule has 0 amide bonds. The molecule has 0 fully saturated rings. The monoisotopic (exact) mass is 912 g/mol. The zero-order chi connectivity index (χ0) is 42.8. The summed E-state index contributed by atoms with van der Waals surface area (Å²) < 4.78 is 1.42. The van der Waals surface area contributed by atoms with Crippen LogP contribution in [-0.4, -0.2) is 3.21 Å². The van der Waals surface area contributed by atoms with Crippen LogP contribution in [0.4, 0.5) is 0 Å². The fourth-order valence-corrected chi connectivity index (χ4v) is 9.49. The Bertz CT molecular complexity index is 2310. The Hall–Kier alpha value is -2.96. The largest absolute Gasteiger partial charge is 1.00 e. The van der Waals surface area contributed by atoms with Crippen molar-refractivity contribution in [2.45, 2.75) is 139 Å². The molecule has 0 N–H and O–H groups in total. The van der Waals surface area contributed by atoms with E-state index in [4.69, 9.17) is 0 Å². The van der Waals surface area contributed by atoms with Crippen LogP contribution in [0.15, 0.2) is 109 Å². The molecule has 0 heterocycles. The van der Waals surface area contributed by atoms with Gasteiger partial charge in [-0.05, 0) is 33.1 Å². The Balaban J connectivity index is 0.000000240. The molecule has 0 unspecified atom stereocenters. The molecule has 5 aromatic rings. The van der Waals surface area contributed by atoms with Crippen LogP contribution in [-0.2, 0) is 45.9 Å². The average Bonchev–Trinajstić information content (AvgIpc) is 3.91. The smallest absolute Gasteiger partial charge is 0.109 e. The molecule has 0 aromatic heterocycles. The number of halogens is 2. The summed E-state index contributed by atoms with van der Waals surface area (Å²) in [6.45, 7) is 37.0. The molecule has 0 bridgehead atoms. The van der Waals surface area contributed by atoms with E-state index in [9.17, 15) is 0 Å². The Morgan fingerprint density at radius 2 is 0.917 bits per heavy atom. The molecule has 3 heteroatoms. The second kappa shape index (κ2) is 17.7. The van der Waals surface area contributed by atoms with Gasteiger partial charge in [-0.25, -0.2) is 12.2 Å². The predicted octanol–water partition coefficient (Wildman–Crippen LogP) is 9.86. The first-order valence-corrected chi connectivity index (χ1v) is 22.6. The molecule has 60 heavy (non-hydrogen) atoms. The Morgan fingerprint density at radius 3 is 1.18 bits per heavy atom. The summed E-state index contributed by atoms with van der Waals surface area (Å²) in [4.78, 5) is 0. The van der Waals surface area contributed by atoms with Gasteiger partial charge in [-0.2, -0.15) is 6.08 Å². The first-order valence-electron chi connectivity index (χ1n) is 21.4. The SMILES string of the molecule is CC(C)(C)C1=CC(C)(C)c2cc3[cH-]c4cc5c(cc4c3cc21)C(C(C)(C)C)=CC5(C)C.CC(C)(C)c1ccc([C](=[Zr+2])c2ccc(C(C)(C)C)cc2)cc1.[C-]1=CC=CC1.[Cl-].[Cl-]. The van der Waals surface area contributed by atoms with Crippen LogP contribution in [0.3, 0.4) is 0 Å². The number of benzene rings is 4. The normalized spacial score (nSPS) is 16.1. The van der Waals surface area contributed by atoms with Crippen molar-refractivity contribution in [1.29, 1.82) is 0 Å². The molecule has 0 aliphatic heterocycles. The van der Waals surface area contributed by atoms with Gasteiger partial charge in [0.15, 0.2) is 0 Å². The molecule has 0 radical (unpaired) electrons. The van der Waals surface area contributed by atoms with E-state index in [1.807, 2.05) is 12.2 Å². The van der Waals surface area contributed by atoms with Crippen LogP contribution < -0.4 is 24.8 Å². The molecule has 0 spiro atoms. The van der Waals surface area contributed by atoms with Gasteiger partial charge < -0.3 is 24.8 Å². The molecule has 0 saturated heterocycles. The van der Waals surface area contributed by atoms with Gasteiger partial charge in [0.05, 0.1) is 0 Å². The average molecular weight is 915 g/mol. The van der Waals surface area contributed by atoms with E-state index in [0.717, 1.165) is 6.42 Å². The molecule has 3 aliphatic rings. The first kappa shape index (κ1) is 49.7. The van der Waals surface area contributed by atoms with Crippen molar-refractivity contribution in [3.8, 4) is 0 Å².